The second kappa shape index (κ2) is 8.34. The summed E-state index contributed by atoms with van der Waals surface area (Å²) in [6.45, 7) is 12.5. The molecule has 2 heteroatoms. The van der Waals surface area contributed by atoms with Gasteiger partial charge < -0.3 is 4.42 Å². The lowest BCUT2D eigenvalue weighted by Gasteiger charge is -1.91. The Hall–Kier alpha value is -1.83. The van der Waals surface area contributed by atoms with Crippen LogP contribution < -0.4 is 5.63 Å². The Bertz CT molecular complexity index is 480. The van der Waals surface area contributed by atoms with Gasteiger partial charge >= 0.3 is 5.63 Å². The highest BCUT2D eigenvalue weighted by molar-refractivity contribution is 5.75. The maximum Gasteiger partial charge on any atom is 0.336 e. The summed E-state index contributed by atoms with van der Waals surface area (Å²) in [4.78, 5) is 10.7. The van der Waals surface area contributed by atoms with E-state index < -0.39 is 0 Å². The average Bonchev–Trinajstić information content (AvgIpc) is 2.31. The van der Waals surface area contributed by atoms with Crippen LogP contribution in [-0.2, 0) is 0 Å². The minimum Gasteiger partial charge on any atom is -0.423 e. The van der Waals surface area contributed by atoms with Crippen LogP contribution in [0.3, 0.4) is 0 Å². The molecule has 0 saturated heterocycles. The lowest BCUT2D eigenvalue weighted by atomic mass is 10.2. The zero-order valence-electron chi connectivity index (χ0n) is 10.8. The molecule has 0 amide bonds. The number of benzene rings is 1. The first-order valence-corrected chi connectivity index (χ1v) is 5.58. The monoisotopic (exact) mass is 232 g/mol. The van der Waals surface area contributed by atoms with Crippen LogP contribution in [0.2, 0.25) is 0 Å². The first kappa shape index (κ1) is 15.2. The molecule has 2 nitrogen and oxygen atoms in total. The smallest absolute Gasteiger partial charge is 0.336 e. The predicted molar refractivity (Wildman–Crippen MR) is 74.3 cm³/mol. The van der Waals surface area contributed by atoms with Crippen molar-refractivity contribution in [2.75, 3.05) is 0 Å². The topological polar surface area (TPSA) is 30.2 Å². The zero-order valence-corrected chi connectivity index (χ0v) is 10.8. The van der Waals surface area contributed by atoms with Crippen LogP contribution in [0.4, 0.5) is 0 Å². The van der Waals surface area contributed by atoms with Crippen molar-refractivity contribution in [2.24, 2.45) is 5.92 Å². The van der Waals surface area contributed by atoms with Crippen molar-refractivity contribution in [1.29, 1.82) is 0 Å². The third-order valence-electron chi connectivity index (χ3n) is 1.53. The van der Waals surface area contributed by atoms with Gasteiger partial charge in [0, 0.05) is 11.5 Å². The number of hydrogen-bond acceptors (Lipinski definition) is 2. The summed E-state index contributed by atoms with van der Waals surface area (Å²) < 4.78 is 4.91. The van der Waals surface area contributed by atoms with Gasteiger partial charge in [0.2, 0.25) is 0 Å². The Morgan fingerprint density at radius 3 is 2.12 bits per heavy atom. The summed E-state index contributed by atoms with van der Waals surface area (Å²) in [6.07, 6.45) is 0. The molecule has 2 aromatic rings. The second-order valence-electron chi connectivity index (χ2n) is 4.02. The summed E-state index contributed by atoms with van der Waals surface area (Å²) in [7, 11) is 0. The molecule has 1 heterocycles. The lowest BCUT2D eigenvalue weighted by molar-refractivity contribution is 0.561. The van der Waals surface area contributed by atoms with Crippen LogP contribution in [0.5, 0.6) is 0 Å². The van der Waals surface area contributed by atoms with Gasteiger partial charge in [-0.3, -0.25) is 0 Å². The molecule has 0 N–H and O–H groups in total. The van der Waals surface area contributed by atoms with Gasteiger partial charge in [0.05, 0.1) is 0 Å². The Labute approximate surface area is 103 Å². The molecule has 0 aliphatic rings. The van der Waals surface area contributed by atoms with E-state index in [2.05, 4.69) is 33.9 Å². The van der Waals surface area contributed by atoms with E-state index in [0.29, 0.717) is 5.58 Å². The van der Waals surface area contributed by atoms with Crippen molar-refractivity contribution in [3.63, 3.8) is 0 Å². The molecule has 0 aliphatic heterocycles. The largest absolute Gasteiger partial charge is 0.423 e. The zero-order chi connectivity index (χ0) is 13.3. The summed E-state index contributed by atoms with van der Waals surface area (Å²) in [5.41, 5.74) is 0.337. The van der Waals surface area contributed by atoms with Gasteiger partial charge in [-0.2, -0.15) is 0 Å². The minimum atomic E-state index is -0.302. The highest BCUT2D eigenvalue weighted by Crippen LogP contribution is 2.08. The fourth-order valence-electron chi connectivity index (χ4n) is 1.01. The van der Waals surface area contributed by atoms with Crippen LogP contribution in [0.1, 0.15) is 20.8 Å². The summed E-state index contributed by atoms with van der Waals surface area (Å²) >= 11 is 0. The van der Waals surface area contributed by atoms with Crippen molar-refractivity contribution in [3.8, 4) is 0 Å². The highest BCUT2D eigenvalue weighted by atomic mass is 16.4. The number of rotatable bonds is 0. The van der Waals surface area contributed by atoms with E-state index in [1.165, 1.54) is 6.07 Å². The van der Waals surface area contributed by atoms with Crippen LogP contribution in [0, 0.1) is 5.92 Å². The third kappa shape index (κ3) is 6.36. The fraction of sp³-hybridized carbons (Fsp3) is 0.267. The van der Waals surface area contributed by atoms with E-state index in [4.69, 9.17) is 4.42 Å². The maximum absolute atomic E-state index is 10.7. The molecule has 1 aromatic heterocycles. The van der Waals surface area contributed by atoms with Gasteiger partial charge in [-0.1, -0.05) is 39.0 Å². The molecular weight excluding hydrogens is 212 g/mol. The van der Waals surface area contributed by atoms with Crippen molar-refractivity contribution in [3.05, 3.63) is 60.0 Å². The lowest BCUT2D eigenvalue weighted by Crippen LogP contribution is -1.93. The van der Waals surface area contributed by atoms with Crippen molar-refractivity contribution in [1.82, 2.24) is 0 Å². The Morgan fingerprint density at radius 2 is 1.53 bits per heavy atom. The van der Waals surface area contributed by atoms with Gasteiger partial charge in [-0.25, -0.2) is 4.79 Å². The summed E-state index contributed by atoms with van der Waals surface area (Å²) in [5.74, 6) is 0.833. The van der Waals surface area contributed by atoms with Crippen LogP contribution >= 0.6 is 0 Å². The van der Waals surface area contributed by atoms with Gasteiger partial charge in [-0.15, -0.1) is 13.2 Å². The van der Waals surface area contributed by atoms with Crippen LogP contribution in [0.25, 0.3) is 11.0 Å². The normalized spacial score (nSPS) is 8.94. The molecule has 2 rings (SSSR count). The summed E-state index contributed by atoms with van der Waals surface area (Å²) in [5, 5.41) is 0.951. The first-order chi connectivity index (χ1) is 8.09. The van der Waals surface area contributed by atoms with Crippen molar-refractivity contribution in [2.45, 2.75) is 20.8 Å². The number of para-hydroxylation sites is 1. The molecule has 0 aliphatic carbocycles. The quantitative estimate of drug-likeness (QED) is 0.502. The molecule has 0 unspecified atom stereocenters. The van der Waals surface area contributed by atoms with Gasteiger partial charge in [-0.05, 0) is 18.1 Å². The van der Waals surface area contributed by atoms with E-state index in [1.54, 1.807) is 12.1 Å². The molecule has 0 spiro atoms. The molecule has 0 bridgehead atoms. The fourth-order valence-corrected chi connectivity index (χ4v) is 1.01. The molecule has 1 aromatic carbocycles. The predicted octanol–water partition coefficient (Wildman–Crippen LogP) is 4.26. The number of fused-ring (bicyclic) bond motifs is 1. The second-order valence-corrected chi connectivity index (χ2v) is 4.02. The molecule has 92 valence electrons. The molecule has 0 fully saturated rings. The van der Waals surface area contributed by atoms with E-state index in [1.807, 2.05) is 18.2 Å². The minimum absolute atomic E-state index is 0.302. The third-order valence-corrected chi connectivity index (χ3v) is 1.53. The molecule has 17 heavy (non-hydrogen) atoms. The van der Waals surface area contributed by atoms with E-state index in [-0.39, 0.29) is 5.63 Å². The van der Waals surface area contributed by atoms with Crippen molar-refractivity contribution >= 4 is 11.0 Å². The van der Waals surface area contributed by atoms with Crippen LogP contribution in [0.15, 0.2) is 58.8 Å². The van der Waals surface area contributed by atoms with Gasteiger partial charge in [0.25, 0.3) is 0 Å². The first-order valence-electron chi connectivity index (χ1n) is 5.58. The van der Waals surface area contributed by atoms with Gasteiger partial charge in [0.1, 0.15) is 5.58 Å². The highest BCUT2D eigenvalue weighted by Gasteiger charge is 1.92. The Morgan fingerprint density at radius 1 is 1.00 bits per heavy atom. The summed E-state index contributed by atoms with van der Waals surface area (Å²) in [6, 6.07) is 10.6. The van der Waals surface area contributed by atoms with E-state index in [9.17, 15) is 4.79 Å². The molecule has 0 atom stereocenters. The number of hydrogen-bond donors (Lipinski definition) is 0. The van der Waals surface area contributed by atoms with Crippen molar-refractivity contribution < 1.29 is 4.42 Å². The average molecular weight is 232 g/mol. The Balaban J connectivity index is 0.000000368. The standard InChI is InChI=1S/C9H6O2.C4H10.C2H4/c10-9-6-5-7-3-1-2-4-8(7)11-9;1-4(2)3;1-2/h1-6H;4H,1-3H3;1-2H2. The van der Waals surface area contributed by atoms with E-state index >= 15 is 0 Å². The molecular formula is C15H20O2. The maximum atomic E-state index is 10.7. The Kier molecular flexibility index (Phi) is 7.44. The molecule has 0 radical (unpaired) electrons. The SMILES string of the molecule is C=C.CC(C)C.O=c1ccc2ccccc2o1. The molecule has 0 saturated carbocycles. The van der Waals surface area contributed by atoms with Crippen LogP contribution in [-0.4, -0.2) is 0 Å². The van der Waals surface area contributed by atoms with E-state index in [0.717, 1.165) is 11.3 Å². The van der Waals surface area contributed by atoms with Gasteiger partial charge in [0.15, 0.2) is 0 Å².